The van der Waals surface area contributed by atoms with E-state index in [1.165, 1.54) is 10.8 Å². The van der Waals surface area contributed by atoms with Crippen molar-refractivity contribution in [3.8, 4) is 0 Å². The lowest BCUT2D eigenvalue weighted by Gasteiger charge is -2.14. The first-order valence-corrected chi connectivity index (χ1v) is 6.76. The zero-order valence-corrected chi connectivity index (χ0v) is 11.7. The summed E-state index contributed by atoms with van der Waals surface area (Å²) in [5, 5.41) is 2.36. The quantitative estimate of drug-likeness (QED) is 0.571. The second kappa shape index (κ2) is 5.17. The molecular weight excluding hydrogens is 304 g/mol. The fraction of sp³-hybridized carbons (Fsp3) is 0.0667. The summed E-state index contributed by atoms with van der Waals surface area (Å²) in [7, 11) is 0. The highest BCUT2D eigenvalue weighted by molar-refractivity contribution is 9.10. The molecule has 0 radical (unpaired) electrons. The minimum absolute atomic E-state index is 0.136. The van der Waals surface area contributed by atoms with Crippen LogP contribution in [0.25, 0.3) is 10.8 Å². The van der Waals surface area contributed by atoms with E-state index in [-0.39, 0.29) is 6.04 Å². The monoisotopic (exact) mass is 316 g/mol. The molecule has 0 aliphatic heterocycles. The molecule has 0 spiro atoms. The van der Waals surface area contributed by atoms with Crippen molar-refractivity contribution in [2.24, 2.45) is 5.84 Å². The number of hydrazine groups is 1. The number of nitrogens with two attached hydrogens (primary N) is 1. The van der Waals surface area contributed by atoms with Gasteiger partial charge >= 0.3 is 0 Å². The summed E-state index contributed by atoms with van der Waals surface area (Å²) in [6.07, 6.45) is 1.65. The number of hydrogen-bond acceptors (Lipinski definition) is 3. The Balaban J connectivity index is 2.07. The third-order valence-corrected chi connectivity index (χ3v) is 3.65. The van der Waals surface area contributed by atoms with Crippen molar-refractivity contribution >= 4 is 26.7 Å². The van der Waals surface area contributed by atoms with Gasteiger partial charge in [-0.25, -0.2) is 5.43 Å². The predicted molar refractivity (Wildman–Crippen MR) is 79.5 cm³/mol. The van der Waals surface area contributed by atoms with Gasteiger partial charge < -0.3 is 4.42 Å². The van der Waals surface area contributed by atoms with Gasteiger partial charge in [0, 0.05) is 4.47 Å². The first-order chi connectivity index (χ1) is 9.28. The van der Waals surface area contributed by atoms with Crippen molar-refractivity contribution in [1.29, 1.82) is 0 Å². The highest BCUT2D eigenvalue weighted by Gasteiger charge is 2.15. The van der Waals surface area contributed by atoms with Crippen LogP contribution in [0.4, 0.5) is 0 Å². The molecule has 19 heavy (non-hydrogen) atoms. The Morgan fingerprint density at radius 1 is 1.05 bits per heavy atom. The van der Waals surface area contributed by atoms with Gasteiger partial charge in [0.05, 0.1) is 6.26 Å². The van der Waals surface area contributed by atoms with Gasteiger partial charge in [0.25, 0.3) is 0 Å². The molecule has 3 N–H and O–H groups in total. The number of furan rings is 1. The van der Waals surface area contributed by atoms with Crippen molar-refractivity contribution in [3.05, 3.63) is 70.6 Å². The van der Waals surface area contributed by atoms with Crippen molar-refractivity contribution in [3.63, 3.8) is 0 Å². The standard InChI is InChI=1S/C15H13BrN2O/c16-13-6-5-10-8-12(4-3-11(10)9-13)15(18-17)14-2-1-7-19-14/h1-9,15,18H,17H2. The third kappa shape index (κ3) is 2.42. The highest BCUT2D eigenvalue weighted by atomic mass is 79.9. The fourth-order valence-electron chi connectivity index (χ4n) is 2.21. The molecule has 0 amide bonds. The zero-order chi connectivity index (χ0) is 13.2. The maximum Gasteiger partial charge on any atom is 0.126 e. The molecule has 2 aromatic carbocycles. The average Bonchev–Trinajstić information content (AvgIpc) is 2.93. The number of fused-ring (bicyclic) bond motifs is 1. The first-order valence-electron chi connectivity index (χ1n) is 5.96. The maximum absolute atomic E-state index is 5.65. The number of benzene rings is 2. The van der Waals surface area contributed by atoms with E-state index in [1.54, 1.807) is 6.26 Å². The molecule has 1 heterocycles. The summed E-state index contributed by atoms with van der Waals surface area (Å²) in [5.41, 5.74) is 3.87. The van der Waals surface area contributed by atoms with Gasteiger partial charge in [0.2, 0.25) is 0 Å². The Kier molecular flexibility index (Phi) is 3.38. The Morgan fingerprint density at radius 3 is 2.58 bits per heavy atom. The molecule has 1 aromatic heterocycles. The average molecular weight is 317 g/mol. The van der Waals surface area contributed by atoms with Crippen LogP contribution in [0, 0.1) is 0 Å². The largest absolute Gasteiger partial charge is 0.467 e. The van der Waals surface area contributed by atoms with E-state index >= 15 is 0 Å². The Labute approximate surface area is 119 Å². The predicted octanol–water partition coefficient (Wildman–Crippen LogP) is 3.75. The molecule has 3 nitrogen and oxygen atoms in total. The van der Waals surface area contributed by atoms with Crippen molar-refractivity contribution in [2.45, 2.75) is 6.04 Å². The molecule has 3 rings (SSSR count). The van der Waals surface area contributed by atoms with Crippen molar-refractivity contribution in [1.82, 2.24) is 5.43 Å². The molecule has 0 bridgehead atoms. The molecule has 0 saturated heterocycles. The lowest BCUT2D eigenvalue weighted by Crippen LogP contribution is -2.28. The van der Waals surface area contributed by atoms with Crippen molar-refractivity contribution < 1.29 is 4.42 Å². The zero-order valence-electron chi connectivity index (χ0n) is 10.1. The Bertz CT molecular complexity index is 694. The van der Waals surface area contributed by atoms with E-state index < -0.39 is 0 Å². The lowest BCUT2D eigenvalue weighted by atomic mass is 10.0. The maximum atomic E-state index is 5.65. The minimum Gasteiger partial charge on any atom is -0.467 e. The van der Waals surface area contributed by atoms with Gasteiger partial charge in [0.15, 0.2) is 0 Å². The summed E-state index contributed by atoms with van der Waals surface area (Å²) in [5.74, 6) is 6.45. The first kappa shape index (κ1) is 12.4. The van der Waals surface area contributed by atoms with Crippen molar-refractivity contribution in [2.75, 3.05) is 0 Å². The van der Waals surface area contributed by atoms with E-state index in [0.717, 1.165) is 15.8 Å². The van der Waals surface area contributed by atoms with Gasteiger partial charge in [-0.3, -0.25) is 5.84 Å². The van der Waals surface area contributed by atoms with Crippen LogP contribution < -0.4 is 11.3 Å². The van der Waals surface area contributed by atoms with Crippen LogP contribution in [0.5, 0.6) is 0 Å². The molecule has 0 aliphatic rings. The normalized spacial score (nSPS) is 12.7. The summed E-state index contributed by atoms with van der Waals surface area (Å²) in [6.45, 7) is 0. The van der Waals surface area contributed by atoms with Crippen LogP contribution in [0.2, 0.25) is 0 Å². The molecule has 0 saturated carbocycles. The van der Waals surface area contributed by atoms with Crippen LogP contribution in [-0.4, -0.2) is 0 Å². The Hall–Kier alpha value is -1.62. The molecule has 0 fully saturated rings. The minimum atomic E-state index is -0.136. The number of rotatable bonds is 3. The van der Waals surface area contributed by atoms with Crippen LogP contribution in [0.15, 0.2) is 63.7 Å². The Morgan fingerprint density at radius 2 is 1.84 bits per heavy atom. The summed E-state index contributed by atoms with van der Waals surface area (Å²) in [4.78, 5) is 0. The van der Waals surface area contributed by atoms with E-state index in [0.29, 0.717) is 0 Å². The lowest BCUT2D eigenvalue weighted by molar-refractivity contribution is 0.452. The molecule has 1 atom stereocenters. The van der Waals surface area contributed by atoms with Crippen LogP contribution in [-0.2, 0) is 0 Å². The summed E-state index contributed by atoms with van der Waals surface area (Å²) >= 11 is 3.48. The molecule has 3 aromatic rings. The smallest absolute Gasteiger partial charge is 0.126 e. The van der Waals surface area contributed by atoms with E-state index in [9.17, 15) is 0 Å². The second-order valence-electron chi connectivity index (χ2n) is 4.37. The van der Waals surface area contributed by atoms with Gasteiger partial charge in [-0.15, -0.1) is 0 Å². The molecule has 0 aliphatic carbocycles. The number of nitrogens with one attached hydrogen (secondary N) is 1. The number of hydrogen-bond donors (Lipinski definition) is 2. The van der Waals surface area contributed by atoms with Gasteiger partial charge in [-0.1, -0.05) is 34.1 Å². The third-order valence-electron chi connectivity index (χ3n) is 3.15. The van der Waals surface area contributed by atoms with E-state index in [1.807, 2.05) is 18.2 Å². The second-order valence-corrected chi connectivity index (χ2v) is 5.28. The molecular formula is C15H13BrN2O. The van der Waals surface area contributed by atoms with Gasteiger partial charge in [0.1, 0.15) is 11.8 Å². The SMILES string of the molecule is NNC(c1ccc2cc(Br)ccc2c1)c1ccco1. The van der Waals surface area contributed by atoms with E-state index in [2.05, 4.69) is 51.7 Å². The molecule has 4 heteroatoms. The summed E-state index contributed by atoms with van der Waals surface area (Å²) < 4.78 is 6.50. The molecule has 96 valence electrons. The highest BCUT2D eigenvalue weighted by Crippen LogP contribution is 2.26. The topological polar surface area (TPSA) is 51.2 Å². The van der Waals surface area contributed by atoms with Gasteiger partial charge in [-0.2, -0.15) is 0 Å². The summed E-state index contributed by atoms with van der Waals surface area (Å²) in [6, 6.07) is 16.1. The van der Waals surface area contributed by atoms with Crippen LogP contribution in [0.1, 0.15) is 17.4 Å². The number of halogens is 1. The van der Waals surface area contributed by atoms with Crippen LogP contribution in [0.3, 0.4) is 0 Å². The van der Waals surface area contributed by atoms with Gasteiger partial charge in [-0.05, 0) is 46.7 Å². The molecule has 1 unspecified atom stereocenters. The fourth-order valence-corrected chi connectivity index (χ4v) is 2.59. The van der Waals surface area contributed by atoms with E-state index in [4.69, 9.17) is 10.3 Å². The van der Waals surface area contributed by atoms with Crippen LogP contribution >= 0.6 is 15.9 Å².